The molecule has 60 valence electrons. The Morgan fingerprint density at radius 3 is 2.18 bits per heavy atom. The Morgan fingerprint density at radius 2 is 1.82 bits per heavy atom. The van der Waals surface area contributed by atoms with E-state index in [1.165, 1.54) is 27.3 Å². The number of hydrogen-bond acceptors (Lipinski definition) is 2. The third-order valence-electron chi connectivity index (χ3n) is 1.10. The molecule has 5 heteroatoms. The molecule has 1 aromatic rings. The van der Waals surface area contributed by atoms with E-state index in [2.05, 4.69) is 0 Å². The van der Waals surface area contributed by atoms with Gasteiger partial charge in [-0.2, -0.15) is 0 Å². The van der Waals surface area contributed by atoms with E-state index < -0.39 is 7.01 Å². The number of halogens is 2. The zero-order chi connectivity index (χ0) is 8.48. The first-order valence-corrected chi connectivity index (χ1v) is 7.11. The first-order valence-electron chi connectivity index (χ1n) is 2.71. The lowest BCUT2D eigenvalue weighted by atomic mass is 10.4. The van der Waals surface area contributed by atoms with Crippen molar-refractivity contribution in [2.75, 3.05) is 0 Å². The monoisotopic (exact) mass is 302 g/mol. The summed E-state index contributed by atoms with van der Waals surface area (Å²) in [6.45, 7) is 0. The second kappa shape index (κ2) is 3.28. The molecule has 0 saturated carbocycles. The third kappa shape index (κ3) is 2.31. The van der Waals surface area contributed by atoms with Crippen molar-refractivity contribution in [1.82, 2.24) is 0 Å². The molecule has 0 saturated heterocycles. The van der Waals surface area contributed by atoms with Crippen LogP contribution >= 0.6 is 32.8 Å². The average molecular weight is 303 g/mol. The van der Waals surface area contributed by atoms with Crippen LogP contribution in [0.1, 0.15) is 0 Å². The van der Waals surface area contributed by atoms with E-state index in [1.807, 2.05) is 0 Å². The molecular weight excluding hydrogens is 298 g/mol. The van der Waals surface area contributed by atoms with Crippen molar-refractivity contribution in [1.29, 1.82) is 0 Å². The van der Waals surface area contributed by atoms with Gasteiger partial charge in [0.05, 0.1) is 31.1 Å². The predicted molar refractivity (Wildman–Crippen MR) is 52.7 cm³/mol. The molecular formula is C6H4ClIO2S. The lowest BCUT2D eigenvalue weighted by Gasteiger charge is -1.96. The van der Waals surface area contributed by atoms with Gasteiger partial charge in [0.15, 0.2) is 0 Å². The van der Waals surface area contributed by atoms with Gasteiger partial charge in [-0.15, -0.1) is 0 Å². The van der Waals surface area contributed by atoms with Crippen molar-refractivity contribution in [2.45, 2.75) is 4.90 Å². The first kappa shape index (κ1) is 9.28. The van der Waals surface area contributed by atoms with Crippen LogP contribution < -0.4 is 0 Å². The highest BCUT2D eigenvalue weighted by molar-refractivity contribution is 14.2. The van der Waals surface area contributed by atoms with Crippen LogP contribution in [-0.2, 0) is 7.01 Å². The molecule has 0 aromatic heterocycles. The summed E-state index contributed by atoms with van der Waals surface area (Å²) in [6.07, 6.45) is 0. The maximum atomic E-state index is 11.0. The third-order valence-corrected chi connectivity index (χ3v) is 3.85. The van der Waals surface area contributed by atoms with E-state index in [1.54, 1.807) is 18.2 Å². The minimum atomic E-state index is -3.20. The van der Waals surface area contributed by atoms with Crippen LogP contribution in [-0.4, -0.2) is 8.42 Å². The van der Waals surface area contributed by atoms with E-state index in [0.717, 1.165) is 0 Å². The lowest BCUT2D eigenvalue weighted by Crippen LogP contribution is -1.89. The van der Waals surface area contributed by atoms with Crippen molar-refractivity contribution >= 4 is 39.8 Å². The standard InChI is InChI=1S/C6H4ClIO2S/c7-5-3-1-2-4-6(5)11(8,9)10/h1-4H. The summed E-state index contributed by atoms with van der Waals surface area (Å²) in [6, 6.07) is 6.35. The molecule has 0 fully saturated rings. The summed E-state index contributed by atoms with van der Waals surface area (Å²) < 4.78 is 21.9. The molecule has 1 rings (SSSR count). The quantitative estimate of drug-likeness (QED) is 0.590. The van der Waals surface area contributed by atoms with Crippen LogP contribution in [0.15, 0.2) is 29.2 Å². The Morgan fingerprint density at radius 1 is 1.27 bits per heavy atom. The fourth-order valence-corrected chi connectivity index (χ4v) is 3.17. The van der Waals surface area contributed by atoms with Gasteiger partial charge < -0.3 is 0 Å². The maximum Gasteiger partial charge on any atom is 0.232 e. The van der Waals surface area contributed by atoms with Crippen LogP contribution in [0.5, 0.6) is 0 Å². The molecule has 2 nitrogen and oxygen atoms in total. The van der Waals surface area contributed by atoms with E-state index in [9.17, 15) is 8.42 Å². The summed E-state index contributed by atoms with van der Waals surface area (Å²) in [5.41, 5.74) is 0. The normalized spacial score (nSPS) is 11.5. The Hall–Kier alpha value is 0.190. The van der Waals surface area contributed by atoms with Crippen molar-refractivity contribution in [3.05, 3.63) is 29.3 Å². The maximum absolute atomic E-state index is 11.0. The summed E-state index contributed by atoms with van der Waals surface area (Å²) in [4.78, 5) is 0.169. The molecule has 0 unspecified atom stereocenters. The van der Waals surface area contributed by atoms with Crippen LogP contribution in [0.25, 0.3) is 0 Å². The molecule has 0 bridgehead atoms. The van der Waals surface area contributed by atoms with Crippen molar-refractivity contribution in [3.63, 3.8) is 0 Å². The van der Waals surface area contributed by atoms with Crippen LogP contribution in [0.3, 0.4) is 0 Å². The Kier molecular flexibility index (Phi) is 2.77. The molecule has 0 spiro atoms. The SMILES string of the molecule is O=S(=O)(I)c1ccccc1Cl. The zero-order valence-corrected chi connectivity index (χ0v) is 9.02. The first-order chi connectivity index (χ1) is 5.02. The van der Waals surface area contributed by atoms with E-state index in [-0.39, 0.29) is 9.92 Å². The molecule has 0 N–H and O–H groups in total. The number of rotatable bonds is 1. The Balaban J connectivity index is 3.37. The summed E-state index contributed by atoms with van der Waals surface area (Å²) in [5.74, 6) is 0. The Labute approximate surface area is 82.1 Å². The minimum absolute atomic E-state index is 0.169. The average Bonchev–Trinajstić information content (AvgIpc) is 1.86. The molecule has 0 radical (unpaired) electrons. The van der Waals surface area contributed by atoms with Crippen molar-refractivity contribution in [3.8, 4) is 0 Å². The van der Waals surface area contributed by atoms with Gasteiger partial charge >= 0.3 is 0 Å². The second-order valence-corrected chi connectivity index (χ2v) is 7.07. The molecule has 0 heterocycles. The van der Waals surface area contributed by atoms with Crippen LogP contribution in [0.4, 0.5) is 0 Å². The summed E-state index contributed by atoms with van der Waals surface area (Å²) >= 11 is 6.98. The van der Waals surface area contributed by atoms with E-state index >= 15 is 0 Å². The molecule has 0 atom stereocenters. The Bertz CT molecular complexity index is 361. The molecule has 0 aliphatic heterocycles. The van der Waals surface area contributed by atoms with Crippen LogP contribution in [0.2, 0.25) is 5.02 Å². The summed E-state index contributed by atoms with van der Waals surface area (Å²) in [7, 11) is -3.20. The number of hydrogen-bond donors (Lipinski definition) is 0. The molecule has 11 heavy (non-hydrogen) atoms. The topological polar surface area (TPSA) is 34.1 Å². The summed E-state index contributed by atoms with van der Waals surface area (Å²) in [5, 5.41) is 0.266. The largest absolute Gasteiger partial charge is 0.232 e. The smallest absolute Gasteiger partial charge is 0.213 e. The molecule has 1 aromatic carbocycles. The number of benzene rings is 1. The minimum Gasteiger partial charge on any atom is -0.213 e. The van der Waals surface area contributed by atoms with Crippen LogP contribution in [0, 0.1) is 0 Å². The van der Waals surface area contributed by atoms with Gasteiger partial charge in [0.25, 0.3) is 0 Å². The van der Waals surface area contributed by atoms with Gasteiger partial charge in [0, 0.05) is 0 Å². The fourth-order valence-electron chi connectivity index (χ4n) is 0.642. The lowest BCUT2D eigenvalue weighted by molar-refractivity contribution is 0.612. The fraction of sp³-hybridized carbons (Fsp3) is 0. The zero-order valence-electron chi connectivity index (χ0n) is 5.29. The van der Waals surface area contributed by atoms with Gasteiger partial charge in [-0.05, 0) is 12.1 Å². The highest BCUT2D eigenvalue weighted by atomic mass is 127. The molecule has 0 aliphatic rings. The van der Waals surface area contributed by atoms with Gasteiger partial charge in [-0.1, -0.05) is 23.7 Å². The van der Waals surface area contributed by atoms with Gasteiger partial charge in [-0.25, -0.2) is 8.42 Å². The van der Waals surface area contributed by atoms with E-state index in [4.69, 9.17) is 11.6 Å². The van der Waals surface area contributed by atoms with Crippen molar-refractivity contribution < 1.29 is 8.42 Å². The van der Waals surface area contributed by atoms with Gasteiger partial charge in [0.2, 0.25) is 7.01 Å². The predicted octanol–water partition coefficient (Wildman–Crippen LogP) is 2.46. The highest BCUT2D eigenvalue weighted by Crippen LogP contribution is 2.25. The van der Waals surface area contributed by atoms with E-state index in [0.29, 0.717) is 0 Å². The molecule has 0 aliphatic carbocycles. The van der Waals surface area contributed by atoms with Gasteiger partial charge in [-0.3, -0.25) is 0 Å². The molecule has 0 amide bonds. The highest BCUT2D eigenvalue weighted by Gasteiger charge is 2.11. The van der Waals surface area contributed by atoms with Gasteiger partial charge in [0.1, 0.15) is 0 Å². The van der Waals surface area contributed by atoms with Crippen molar-refractivity contribution in [2.24, 2.45) is 0 Å². The second-order valence-electron chi connectivity index (χ2n) is 1.87.